The first kappa shape index (κ1) is 33.2. The minimum atomic E-state index is -4.10. The van der Waals surface area contributed by atoms with Crippen LogP contribution < -0.4 is 24.5 Å². The summed E-state index contributed by atoms with van der Waals surface area (Å²) in [6, 6.07) is 28.9. The molecule has 0 bridgehead atoms. The first-order valence-corrected chi connectivity index (χ1v) is 16.9. The monoisotopic (exact) mass is 654 g/mol. The number of hydrogen-bond acceptors (Lipinski definition) is 7. The number of anilines is 1. The van der Waals surface area contributed by atoms with E-state index in [1.165, 1.54) is 36.2 Å². The second-order valence-electron chi connectivity index (χ2n) is 11.1. The van der Waals surface area contributed by atoms with Crippen molar-refractivity contribution in [3.63, 3.8) is 0 Å². The number of carbonyl (C=O) groups is 2. The zero-order chi connectivity index (χ0) is 33.1. The van der Waals surface area contributed by atoms with Crippen LogP contribution in [0.2, 0.25) is 0 Å². The van der Waals surface area contributed by atoms with E-state index in [1.807, 2.05) is 30.3 Å². The smallest absolute Gasteiger partial charge is 0.273 e. The van der Waals surface area contributed by atoms with Crippen molar-refractivity contribution >= 4 is 33.7 Å². The molecular formula is C36H38N4O6S. The largest absolute Gasteiger partial charge is 0.497 e. The van der Waals surface area contributed by atoms with Gasteiger partial charge in [-0.2, -0.15) is 5.10 Å². The van der Waals surface area contributed by atoms with E-state index in [0.717, 1.165) is 31.2 Å². The molecule has 1 saturated carbocycles. The van der Waals surface area contributed by atoms with Gasteiger partial charge in [0.1, 0.15) is 11.5 Å². The first-order chi connectivity index (χ1) is 22.8. The van der Waals surface area contributed by atoms with Crippen LogP contribution in [0.5, 0.6) is 11.5 Å². The van der Waals surface area contributed by atoms with Crippen molar-refractivity contribution in [3.8, 4) is 11.5 Å². The SMILES string of the molecule is COc1ccc(S(=O)(=O)N(Cc2ccccc2)c2ccccc2C(=O)N/N=C\c2ccc(OCC(=O)NC3CCCCC3)cc2)cc1. The summed E-state index contributed by atoms with van der Waals surface area (Å²) in [6.45, 7) is -0.0612. The molecule has 10 nitrogen and oxygen atoms in total. The van der Waals surface area contributed by atoms with Crippen LogP contribution in [0.4, 0.5) is 5.69 Å². The molecule has 0 atom stereocenters. The average Bonchev–Trinajstić information content (AvgIpc) is 3.11. The number of rotatable bonds is 13. The summed E-state index contributed by atoms with van der Waals surface area (Å²) in [6.07, 6.45) is 6.99. The lowest BCUT2D eigenvalue weighted by Crippen LogP contribution is -2.38. The number of nitrogens with one attached hydrogen (secondary N) is 2. The molecule has 0 aromatic heterocycles. The van der Waals surface area contributed by atoms with Crippen LogP contribution in [0.3, 0.4) is 0 Å². The number of amides is 2. The van der Waals surface area contributed by atoms with Crippen molar-refractivity contribution in [2.75, 3.05) is 18.0 Å². The quantitative estimate of drug-likeness (QED) is 0.141. The van der Waals surface area contributed by atoms with E-state index in [0.29, 0.717) is 17.1 Å². The van der Waals surface area contributed by atoms with Crippen LogP contribution in [0.15, 0.2) is 113 Å². The predicted octanol–water partition coefficient (Wildman–Crippen LogP) is 5.68. The molecule has 4 aromatic rings. The van der Waals surface area contributed by atoms with Gasteiger partial charge >= 0.3 is 0 Å². The van der Waals surface area contributed by atoms with Gasteiger partial charge in [0.05, 0.1) is 36.0 Å². The maximum absolute atomic E-state index is 14.0. The Bertz CT molecular complexity index is 1770. The molecule has 1 fully saturated rings. The van der Waals surface area contributed by atoms with Crippen molar-refractivity contribution in [1.82, 2.24) is 10.7 Å². The molecule has 4 aromatic carbocycles. The lowest BCUT2D eigenvalue weighted by molar-refractivity contribution is -0.124. The van der Waals surface area contributed by atoms with Crippen molar-refractivity contribution in [2.45, 2.75) is 49.6 Å². The summed E-state index contributed by atoms with van der Waals surface area (Å²) in [5.41, 5.74) is 4.28. The summed E-state index contributed by atoms with van der Waals surface area (Å²) in [4.78, 5) is 25.7. The van der Waals surface area contributed by atoms with Gasteiger partial charge in [-0.1, -0.05) is 61.7 Å². The Balaban J connectivity index is 1.27. The standard InChI is InChI=1S/C36H38N4O6S/c1-45-30-20-22-32(23-21-30)47(43,44)40(25-28-10-4-2-5-11-28)34-15-9-8-14-33(34)36(42)39-37-24-27-16-18-31(19-17-27)46-26-35(41)38-29-12-6-3-7-13-29/h2,4-5,8-11,14-24,29H,3,6-7,12-13,25-26H2,1H3,(H,38,41)(H,39,42)/b37-24-. The highest BCUT2D eigenvalue weighted by molar-refractivity contribution is 7.92. The molecule has 1 aliphatic rings. The van der Waals surface area contributed by atoms with Crippen molar-refractivity contribution in [3.05, 3.63) is 120 Å². The molecule has 5 rings (SSSR count). The molecule has 1 aliphatic carbocycles. The van der Waals surface area contributed by atoms with Gasteiger partial charge in [0.2, 0.25) is 0 Å². The Morgan fingerprint density at radius 1 is 0.851 bits per heavy atom. The van der Waals surface area contributed by atoms with E-state index in [1.54, 1.807) is 60.7 Å². The minimum absolute atomic E-state index is 0.000571. The van der Waals surface area contributed by atoms with Crippen molar-refractivity contribution in [1.29, 1.82) is 0 Å². The fraction of sp³-hybridized carbons (Fsp3) is 0.250. The molecule has 2 N–H and O–H groups in total. The Morgan fingerprint density at radius 2 is 1.51 bits per heavy atom. The topological polar surface area (TPSA) is 126 Å². The zero-order valence-corrected chi connectivity index (χ0v) is 27.0. The second kappa shape index (κ2) is 15.9. The van der Waals surface area contributed by atoms with Gasteiger partial charge < -0.3 is 14.8 Å². The van der Waals surface area contributed by atoms with Crippen LogP contribution in [-0.4, -0.2) is 46.2 Å². The third-order valence-electron chi connectivity index (χ3n) is 7.83. The molecule has 47 heavy (non-hydrogen) atoms. The van der Waals surface area contributed by atoms with Crippen molar-refractivity contribution in [2.24, 2.45) is 5.10 Å². The average molecular weight is 655 g/mol. The number of ether oxygens (including phenoxy) is 2. The molecule has 0 saturated heterocycles. The summed E-state index contributed by atoms with van der Waals surface area (Å²) in [5.74, 6) is 0.347. The Labute approximate surface area is 275 Å². The fourth-order valence-electron chi connectivity index (χ4n) is 5.35. The summed E-state index contributed by atoms with van der Waals surface area (Å²) < 4.78 is 40.0. The summed E-state index contributed by atoms with van der Waals surface area (Å²) >= 11 is 0. The third kappa shape index (κ3) is 8.98. The van der Waals surface area contributed by atoms with E-state index in [-0.39, 0.29) is 41.2 Å². The van der Waals surface area contributed by atoms with Crippen LogP contribution in [0.25, 0.3) is 0 Å². The Hall–Kier alpha value is -5.16. The molecule has 0 aliphatic heterocycles. The molecule has 11 heteroatoms. The number of methoxy groups -OCH3 is 1. The molecule has 0 spiro atoms. The van der Waals surface area contributed by atoms with Crippen molar-refractivity contribution < 1.29 is 27.5 Å². The maximum Gasteiger partial charge on any atom is 0.273 e. The van der Waals surface area contributed by atoms with Crippen LogP contribution in [0.1, 0.15) is 53.6 Å². The van der Waals surface area contributed by atoms with Gasteiger partial charge in [-0.25, -0.2) is 13.8 Å². The first-order valence-electron chi connectivity index (χ1n) is 15.5. The van der Waals surface area contributed by atoms with Gasteiger partial charge in [0.25, 0.3) is 21.8 Å². The zero-order valence-electron chi connectivity index (χ0n) is 26.2. The molecule has 0 unspecified atom stereocenters. The lowest BCUT2D eigenvalue weighted by atomic mass is 9.95. The molecule has 0 radical (unpaired) electrons. The number of para-hydroxylation sites is 1. The highest BCUT2D eigenvalue weighted by atomic mass is 32.2. The third-order valence-corrected chi connectivity index (χ3v) is 9.61. The Kier molecular flexibility index (Phi) is 11.2. The van der Waals surface area contributed by atoms with E-state index in [2.05, 4.69) is 15.8 Å². The highest BCUT2D eigenvalue weighted by Gasteiger charge is 2.29. The van der Waals surface area contributed by atoms with Crippen LogP contribution in [-0.2, 0) is 21.4 Å². The Morgan fingerprint density at radius 3 is 2.21 bits per heavy atom. The van der Waals surface area contributed by atoms with Crippen LogP contribution >= 0.6 is 0 Å². The number of nitrogens with zero attached hydrogens (tertiary/aromatic N) is 2. The molecule has 0 heterocycles. The number of sulfonamides is 1. The number of benzene rings is 4. The van der Waals surface area contributed by atoms with Gasteiger partial charge in [-0.15, -0.1) is 0 Å². The highest BCUT2D eigenvalue weighted by Crippen LogP contribution is 2.30. The fourth-order valence-corrected chi connectivity index (χ4v) is 6.82. The number of hydrogen-bond donors (Lipinski definition) is 2. The summed E-state index contributed by atoms with van der Waals surface area (Å²) in [7, 11) is -2.59. The van der Waals surface area contributed by atoms with E-state index >= 15 is 0 Å². The minimum Gasteiger partial charge on any atom is -0.497 e. The predicted molar refractivity (Wildman–Crippen MR) is 181 cm³/mol. The van der Waals surface area contributed by atoms with Gasteiger partial charge in [0, 0.05) is 6.04 Å². The summed E-state index contributed by atoms with van der Waals surface area (Å²) in [5, 5.41) is 7.13. The van der Waals surface area contributed by atoms with Gasteiger partial charge in [-0.3, -0.25) is 13.9 Å². The van der Waals surface area contributed by atoms with Crippen LogP contribution in [0, 0.1) is 0 Å². The van der Waals surface area contributed by atoms with Gasteiger partial charge in [-0.05, 0) is 84.6 Å². The van der Waals surface area contributed by atoms with Gasteiger partial charge in [0.15, 0.2) is 6.61 Å². The molecule has 2 amide bonds. The molecular weight excluding hydrogens is 616 g/mol. The second-order valence-corrected chi connectivity index (χ2v) is 13.0. The lowest BCUT2D eigenvalue weighted by Gasteiger charge is -2.26. The number of carbonyl (C=O) groups excluding carboxylic acids is 2. The van der Waals surface area contributed by atoms with E-state index < -0.39 is 15.9 Å². The maximum atomic E-state index is 14.0. The number of hydrazone groups is 1. The normalized spacial score (nSPS) is 13.6. The molecule has 244 valence electrons. The van der Waals surface area contributed by atoms with E-state index in [4.69, 9.17) is 9.47 Å². The van der Waals surface area contributed by atoms with E-state index in [9.17, 15) is 18.0 Å².